The van der Waals surface area contributed by atoms with E-state index < -0.39 is 0 Å². The van der Waals surface area contributed by atoms with Gasteiger partial charge in [-0.1, -0.05) is 43.3 Å². The van der Waals surface area contributed by atoms with Crippen LogP contribution in [-0.4, -0.2) is 35.7 Å². The second-order valence-corrected chi connectivity index (χ2v) is 5.82. The van der Waals surface area contributed by atoms with Crippen molar-refractivity contribution in [2.45, 2.75) is 40.2 Å². The maximum atomic E-state index is 12.1. The molecule has 0 saturated heterocycles. The van der Waals surface area contributed by atoms with Gasteiger partial charge in [-0.05, 0) is 19.4 Å². The van der Waals surface area contributed by atoms with Crippen LogP contribution in [0.1, 0.15) is 38.3 Å². The third-order valence-electron chi connectivity index (χ3n) is 3.80. The van der Waals surface area contributed by atoms with Crippen LogP contribution in [0.3, 0.4) is 0 Å². The number of amides is 1. The number of hydrogen-bond donors (Lipinski definition) is 0. The third-order valence-corrected chi connectivity index (χ3v) is 3.80. The van der Waals surface area contributed by atoms with Crippen molar-refractivity contribution in [2.75, 3.05) is 13.1 Å². The van der Waals surface area contributed by atoms with Crippen molar-refractivity contribution in [3.8, 4) is 0 Å². The van der Waals surface area contributed by atoms with Gasteiger partial charge < -0.3 is 9.74 Å². The van der Waals surface area contributed by atoms with Crippen molar-refractivity contribution in [2.24, 2.45) is 11.1 Å². The number of hydrogen-bond acceptors (Lipinski definition) is 3. The monoisotopic (exact) mass is 288 g/mol. The molecule has 0 bridgehead atoms. The number of oxime groups is 1. The molecule has 0 radical (unpaired) electrons. The Morgan fingerprint density at radius 1 is 1.43 bits per heavy atom. The fraction of sp³-hybridized carbons (Fsp3) is 0.529. The highest BCUT2D eigenvalue weighted by Crippen LogP contribution is 2.20. The lowest BCUT2D eigenvalue weighted by atomic mass is 10.00. The number of nitrogens with zero attached hydrogens (tertiary/aromatic N) is 2. The lowest BCUT2D eigenvalue weighted by Crippen LogP contribution is -2.39. The van der Waals surface area contributed by atoms with Gasteiger partial charge in [-0.15, -0.1) is 0 Å². The topological polar surface area (TPSA) is 41.9 Å². The van der Waals surface area contributed by atoms with E-state index in [2.05, 4.69) is 24.2 Å². The van der Waals surface area contributed by atoms with Crippen LogP contribution < -0.4 is 0 Å². The molecule has 1 atom stereocenters. The molecule has 1 amide bonds. The summed E-state index contributed by atoms with van der Waals surface area (Å²) >= 11 is 0. The number of aryl methyl sites for hydroxylation is 1. The van der Waals surface area contributed by atoms with Crippen molar-refractivity contribution >= 4 is 11.6 Å². The fourth-order valence-electron chi connectivity index (χ4n) is 2.57. The predicted octanol–water partition coefficient (Wildman–Crippen LogP) is 2.99. The molecule has 21 heavy (non-hydrogen) atoms. The Bertz CT molecular complexity index is 537. The van der Waals surface area contributed by atoms with Crippen molar-refractivity contribution in [3.63, 3.8) is 0 Å². The van der Waals surface area contributed by atoms with Gasteiger partial charge in [-0.2, -0.15) is 0 Å². The van der Waals surface area contributed by atoms with Crippen molar-refractivity contribution in [1.29, 1.82) is 0 Å². The molecule has 0 N–H and O–H groups in total. The summed E-state index contributed by atoms with van der Waals surface area (Å²) in [5, 5.41) is 4.22. The van der Waals surface area contributed by atoms with E-state index in [9.17, 15) is 4.79 Å². The first-order valence-corrected chi connectivity index (χ1v) is 7.60. The third kappa shape index (κ3) is 3.63. The summed E-state index contributed by atoms with van der Waals surface area (Å²) in [6.07, 6.45) is 0.717. The number of rotatable bonds is 5. The van der Waals surface area contributed by atoms with Crippen LogP contribution in [-0.2, 0) is 9.63 Å². The Morgan fingerprint density at radius 2 is 2.14 bits per heavy atom. The van der Waals surface area contributed by atoms with E-state index in [-0.39, 0.29) is 17.9 Å². The van der Waals surface area contributed by atoms with Crippen LogP contribution in [0.2, 0.25) is 0 Å². The van der Waals surface area contributed by atoms with E-state index in [1.165, 1.54) is 5.56 Å². The molecule has 1 aliphatic rings. The summed E-state index contributed by atoms with van der Waals surface area (Å²) < 4.78 is 0. The van der Waals surface area contributed by atoms with Gasteiger partial charge in [0, 0.05) is 24.4 Å². The first-order chi connectivity index (χ1) is 10.0. The van der Waals surface area contributed by atoms with E-state index in [0.29, 0.717) is 13.1 Å². The molecule has 0 fully saturated rings. The van der Waals surface area contributed by atoms with Crippen LogP contribution in [0.25, 0.3) is 0 Å². The molecule has 1 aromatic carbocycles. The van der Waals surface area contributed by atoms with Gasteiger partial charge in [-0.25, -0.2) is 0 Å². The van der Waals surface area contributed by atoms with Gasteiger partial charge in [0.25, 0.3) is 0 Å². The SMILES string of the molecule is CCN(C[C@@H]1CC(c2ccccc2C)=NO1)C(=O)C(C)C. The molecule has 1 aromatic rings. The first kappa shape index (κ1) is 15.5. The van der Waals surface area contributed by atoms with Crippen LogP contribution in [0, 0.1) is 12.8 Å². The van der Waals surface area contributed by atoms with Crippen LogP contribution in [0.15, 0.2) is 29.4 Å². The van der Waals surface area contributed by atoms with Crippen molar-refractivity contribution in [3.05, 3.63) is 35.4 Å². The molecule has 0 unspecified atom stereocenters. The zero-order valence-corrected chi connectivity index (χ0v) is 13.3. The van der Waals surface area contributed by atoms with E-state index in [1.807, 2.05) is 37.8 Å². The Labute approximate surface area is 126 Å². The van der Waals surface area contributed by atoms with E-state index in [0.717, 1.165) is 17.7 Å². The smallest absolute Gasteiger partial charge is 0.225 e. The highest BCUT2D eigenvalue weighted by atomic mass is 16.6. The maximum Gasteiger partial charge on any atom is 0.225 e. The minimum atomic E-state index is -0.0396. The number of carbonyl (C=O) groups is 1. The summed E-state index contributed by atoms with van der Waals surface area (Å²) in [7, 11) is 0. The summed E-state index contributed by atoms with van der Waals surface area (Å²) in [6.45, 7) is 9.23. The van der Waals surface area contributed by atoms with Crippen LogP contribution in [0.5, 0.6) is 0 Å². The van der Waals surface area contributed by atoms with Gasteiger partial charge in [0.05, 0.1) is 12.3 Å². The molecule has 114 valence electrons. The Hall–Kier alpha value is -1.84. The highest BCUT2D eigenvalue weighted by molar-refractivity contribution is 6.02. The molecule has 4 heteroatoms. The van der Waals surface area contributed by atoms with Gasteiger partial charge in [0.2, 0.25) is 5.91 Å². The Kier molecular flexibility index (Phi) is 4.99. The van der Waals surface area contributed by atoms with Crippen LogP contribution in [0.4, 0.5) is 0 Å². The molecule has 2 rings (SSSR count). The van der Waals surface area contributed by atoms with E-state index in [4.69, 9.17) is 4.84 Å². The molecular weight excluding hydrogens is 264 g/mol. The Balaban J connectivity index is 1.98. The van der Waals surface area contributed by atoms with E-state index in [1.54, 1.807) is 0 Å². The normalized spacial score (nSPS) is 17.6. The van der Waals surface area contributed by atoms with Gasteiger partial charge in [0.15, 0.2) is 6.10 Å². The fourth-order valence-corrected chi connectivity index (χ4v) is 2.57. The maximum absolute atomic E-state index is 12.1. The van der Waals surface area contributed by atoms with Gasteiger partial charge in [0.1, 0.15) is 0 Å². The second-order valence-electron chi connectivity index (χ2n) is 5.82. The molecule has 0 aromatic heterocycles. The average molecular weight is 288 g/mol. The molecule has 0 spiro atoms. The lowest BCUT2D eigenvalue weighted by Gasteiger charge is -2.24. The minimum absolute atomic E-state index is 0.0168. The zero-order chi connectivity index (χ0) is 15.4. The lowest BCUT2D eigenvalue weighted by molar-refractivity contribution is -0.136. The quantitative estimate of drug-likeness (QED) is 0.836. The molecule has 0 aliphatic carbocycles. The second kappa shape index (κ2) is 6.74. The summed E-state index contributed by atoms with van der Waals surface area (Å²) in [4.78, 5) is 19.5. The zero-order valence-electron chi connectivity index (χ0n) is 13.3. The van der Waals surface area contributed by atoms with Crippen LogP contribution >= 0.6 is 0 Å². The molecule has 1 aliphatic heterocycles. The number of likely N-dealkylation sites (N-methyl/N-ethyl adjacent to an activating group) is 1. The summed E-state index contributed by atoms with van der Waals surface area (Å²) in [5.41, 5.74) is 3.32. The Morgan fingerprint density at radius 3 is 2.76 bits per heavy atom. The number of carbonyl (C=O) groups excluding carboxylic acids is 1. The minimum Gasteiger partial charge on any atom is -0.390 e. The van der Waals surface area contributed by atoms with Crippen molar-refractivity contribution in [1.82, 2.24) is 4.90 Å². The molecule has 4 nitrogen and oxygen atoms in total. The summed E-state index contributed by atoms with van der Waals surface area (Å²) in [6, 6.07) is 8.17. The first-order valence-electron chi connectivity index (χ1n) is 7.60. The summed E-state index contributed by atoms with van der Waals surface area (Å²) in [5.74, 6) is 0.188. The van der Waals surface area contributed by atoms with Crippen molar-refractivity contribution < 1.29 is 9.63 Å². The van der Waals surface area contributed by atoms with Gasteiger partial charge in [-0.3, -0.25) is 4.79 Å². The van der Waals surface area contributed by atoms with E-state index >= 15 is 0 Å². The number of benzene rings is 1. The average Bonchev–Trinajstić information content (AvgIpc) is 2.92. The largest absolute Gasteiger partial charge is 0.390 e. The highest BCUT2D eigenvalue weighted by Gasteiger charge is 2.27. The molecule has 1 heterocycles. The standard InChI is InChI=1S/C17H24N2O2/c1-5-19(17(20)12(2)3)11-14-10-16(18-21-14)15-9-7-6-8-13(15)4/h6-9,12,14H,5,10-11H2,1-4H3/t14-/m0/s1. The van der Waals surface area contributed by atoms with Gasteiger partial charge >= 0.3 is 0 Å². The molecule has 0 saturated carbocycles. The predicted molar refractivity (Wildman–Crippen MR) is 84.3 cm³/mol. The molecular formula is C17H24N2O2.